The first kappa shape index (κ1) is 15.6. The maximum Gasteiger partial charge on any atom is 0.248 e. The first-order valence-corrected chi connectivity index (χ1v) is 6.76. The van der Waals surface area contributed by atoms with Gasteiger partial charge in [0.2, 0.25) is 11.8 Å². The van der Waals surface area contributed by atoms with Crippen molar-refractivity contribution in [1.29, 1.82) is 0 Å². The van der Waals surface area contributed by atoms with Crippen molar-refractivity contribution < 1.29 is 18.3 Å². The fraction of sp³-hybridized carbons (Fsp3) is 0.917. The number of carbonyl (C=O) groups excluding carboxylic acids is 1. The molecule has 0 N–H and O–H groups in total. The fourth-order valence-electron chi connectivity index (χ4n) is 2.07. The normalized spacial score (nSPS) is 19.8. The lowest BCUT2D eigenvalue weighted by atomic mass is 9.86. The molecular formula is C12H20ClF2NO2. The smallest absolute Gasteiger partial charge is 0.248 e. The van der Waals surface area contributed by atoms with Crippen LogP contribution in [0.5, 0.6) is 0 Å². The number of nitrogens with zero attached hydrogens (tertiary/aromatic N) is 1. The Balaban J connectivity index is 2.27. The summed E-state index contributed by atoms with van der Waals surface area (Å²) in [5, 5.41) is 0. The molecule has 1 amide bonds. The molecular weight excluding hydrogens is 264 g/mol. The van der Waals surface area contributed by atoms with E-state index >= 15 is 0 Å². The molecule has 0 unspecified atom stereocenters. The van der Waals surface area contributed by atoms with Gasteiger partial charge in [-0.25, -0.2) is 8.78 Å². The van der Waals surface area contributed by atoms with Crippen molar-refractivity contribution in [3.8, 4) is 0 Å². The van der Waals surface area contributed by atoms with Gasteiger partial charge in [0.1, 0.15) is 0 Å². The molecule has 1 saturated carbocycles. The van der Waals surface area contributed by atoms with Crippen molar-refractivity contribution in [2.45, 2.75) is 31.6 Å². The number of alkyl halides is 3. The van der Waals surface area contributed by atoms with Crippen molar-refractivity contribution in [3.63, 3.8) is 0 Å². The van der Waals surface area contributed by atoms with Gasteiger partial charge in [-0.15, -0.1) is 11.6 Å². The third-order valence-corrected chi connectivity index (χ3v) is 3.39. The minimum Gasteiger partial charge on any atom is -0.378 e. The molecule has 0 aromatic carbocycles. The zero-order valence-corrected chi connectivity index (χ0v) is 11.4. The van der Waals surface area contributed by atoms with Crippen LogP contribution >= 0.6 is 11.6 Å². The van der Waals surface area contributed by atoms with Crippen LogP contribution < -0.4 is 0 Å². The SMILES string of the molecule is CN(CCOCCCl)C(=O)C1CCC(F)(F)CC1. The van der Waals surface area contributed by atoms with E-state index in [4.69, 9.17) is 16.3 Å². The van der Waals surface area contributed by atoms with E-state index in [0.29, 0.717) is 25.6 Å². The van der Waals surface area contributed by atoms with Gasteiger partial charge in [-0.3, -0.25) is 4.79 Å². The highest BCUT2D eigenvalue weighted by Crippen LogP contribution is 2.36. The van der Waals surface area contributed by atoms with Gasteiger partial charge < -0.3 is 9.64 Å². The molecule has 3 nitrogen and oxygen atoms in total. The van der Waals surface area contributed by atoms with Crippen molar-refractivity contribution in [2.24, 2.45) is 5.92 Å². The summed E-state index contributed by atoms with van der Waals surface area (Å²) < 4.78 is 31.1. The molecule has 106 valence electrons. The Hall–Kier alpha value is -0.420. The quantitative estimate of drug-likeness (QED) is 0.554. The number of halogens is 3. The first-order chi connectivity index (χ1) is 8.46. The van der Waals surface area contributed by atoms with E-state index in [0.717, 1.165) is 0 Å². The zero-order chi connectivity index (χ0) is 13.6. The lowest BCUT2D eigenvalue weighted by Gasteiger charge is -2.30. The van der Waals surface area contributed by atoms with Gasteiger partial charge in [0.25, 0.3) is 0 Å². The van der Waals surface area contributed by atoms with E-state index < -0.39 is 5.92 Å². The molecule has 18 heavy (non-hydrogen) atoms. The largest absolute Gasteiger partial charge is 0.378 e. The van der Waals surface area contributed by atoms with E-state index in [1.807, 2.05) is 0 Å². The Morgan fingerprint density at radius 3 is 2.56 bits per heavy atom. The number of hydrogen-bond acceptors (Lipinski definition) is 2. The average Bonchev–Trinajstić information content (AvgIpc) is 2.33. The highest BCUT2D eigenvalue weighted by molar-refractivity contribution is 6.17. The van der Waals surface area contributed by atoms with Gasteiger partial charge >= 0.3 is 0 Å². The van der Waals surface area contributed by atoms with Crippen LogP contribution in [-0.2, 0) is 9.53 Å². The van der Waals surface area contributed by atoms with Crippen LogP contribution in [0.2, 0.25) is 0 Å². The predicted octanol–water partition coefficient (Wildman–Crippen LogP) is 2.53. The monoisotopic (exact) mass is 283 g/mol. The van der Waals surface area contributed by atoms with Crippen LogP contribution in [0.3, 0.4) is 0 Å². The van der Waals surface area contributed by atoms with Crippen LogP contribution in [0.15, 0.2) is 0 Å². The summed E-state index contributed by atoms with van der Waals surface area (Å²) in [6.45, 7) is 1.36. The number of ether oxygens (including phenoxy) is 1. The average molecular weight is 284 g/mol. The lowest BCUT2D eigenvalue weighted by Crippen LogP contribution is -2.38. The second-order valence-electron chi connectivity index (χ2n) is 4.69. The summed E-state index contributed by atoms with van der Waals surface area (Å²) >= 11 is 5.45. The molecule has 6 heteroatoms. The molecule has 0 bridgehead atoms. The summed E-state index contributed by atoms with van der Waals surface area (Å²) in [5.41, 5.74) is 0. The van der Waals surface area contributed by atoms with Crippen LogP contribution in [-0.4, -0.2) is 49.4 Å². The molecule has 1 fully saturated rings. The Morgan fingerprint density at radius 2 is 2.00 bits per heavy atom. The van der Waals surface area contributed by atoms with Gasteiger partial charge in [-0.2, -0.15) is 0 Å². The van der Waals surface area contributed by atoms with Gasteiger partial charge in [-0.1, -0.05) is 0 Å². The van der Waals surface area contributed by atoms with Crippen LogP contribution in [0.4, 0.5) is 8.78 Å². The fourth-order valence-corrected chi connectivity index (χ4v) is 2.18. The van der Waals surface area contributed by atoms with Gasteiger partial charge in [0, 0.05) is 38.2 Å². The van der Waals surface area contributed by atoms with Crippen LogP contribution in [0.1, 0.15) is 25.7 Å². The molecule has 0 atom stereocenters. The number of amides is 1. The highest BCUT2D eigenvalue weighted by Gasteiger charge is 2.38. The summed E-state index contributed by atoms with van der Waals surface area (Å²) in [6.07, 6.45) is 0.192. The maximum absolute atomic E-state index is 13.0. The summed E-state index contributed by atoms with van der Waals surface area (Å²) in [5.74, 6) is -2.48. The second-order valence-corrected chi connectivity index (χ2v) is 5.07. The van der Waals surface area contributed by atoms with Crippen LogP contribution in [0, 0.1) is 5.92 Å². The van der Waals surface area contributed by atoms with Crippen molar-refractivity contribution >= 4 is 17.5 Å². The van der Waals surface area contributed by atoms with E-state index in [1.54, 1.807) is 11.9 Å². The third kappa shape index (κ3) is 5.06. The summed E-state index contributed by atoms with van der Waals surface area (Å²) in [7, 11) is 1.68. The maximum atomic E-state index is 13.0. The minimum absolute atomic E-state index is 0.0556. The highest BCUT2D eigenvalue weighted by atomic mass is 35.5. The number of carbonyl (C=O) groups is 1. The molecule has 0 aliphatic heterocycles. The Kier molecular flexibility index (Phi) is 6.29. The molecule has 0 heterocycles. The van der Waals surface area contributed by atoms with E-state index in [9.17, 15) is 13.6 Å². The van der Waals surface area contributed by atoms with Crippen molar-refractivity contribution in [1.82, 2.24) is 4.90 Å². The number of rotatable bonds is 6. The van der Waals surface area contributed by atoms with E-state index in [1.165, 1.54) is 0 Å². The van der Waals surface area contributed by atoms with Gasteiger partial charge in [0.05, 0.1) is 13.2 Å². The van der Waals surface area contributed by atoms with Gasteiger partial charge in [0.15, 0.2) is 0 Å². The van der Waals surface area contributed by atoms with Crippen molar-refractivity contribution in [2.75, 3.05) is 32.7 Å². The topological polar surface area (TPSA) is 29.5 Å². The molecule has 0 spiro atoms. The Bertz CT molecular complexity index is 267. The van der Waals surface area contributed by atoms with E-state index in [-0.39, 0.29) is 37.5 Å². The standard InChI is InChI=1S/C12H20ClF2NO2/c1-16(7-9-18-8-6-13)11(17)10-2-4-12(14,15)5-3-10/h10H,2-9H2,1H3. The van der Waals surface area contributed by atoms with Crippen LogP contribution in [0.25, 0.3) is 0 Å². The van der Waals surface area contributed by atoms with Gasteiger partial charge in [-0.05, 0) is 12.8 Å². The number of hydrogen-bond donors (Lipinski definition) is 0. The Labute approximate surface area is 111 Å². The molecule has 1 rings (SSSR count). The summed E-state index contributed by atoms with van der Waals surface area (Å²) in [4.78, 5) is 13.5. The molecule has 0 aromatic heterocycles. The lowest BCUT2D eigenvalue weighted by molar-refractivity contribution is -0.139. The second kappa shape index (κ2) is 7.24. The first-order valence-electron chi connectivity index (χ1n) is 6.23. The van der Waals surface area contributed by atoms with Crippen molar-refractivity contribution in [3.05, 3.63) is 0 Å². The minimum atomic E-state index is -2.58. The Morgan fingerprint density at radius 1 is 1.39 bits per heavy atom. The molecule has 0 radical (unpaired) electrons. The molecule has 0 aromatic rings. The third-order valence-electron chi connectivity index (χ3n) is 3.24. The predicted molar refractivity (Wildman–Crippen MR) is 66.1 cm³/mol. The number of likely N-dealkylation sites (N-methyl/N-ethyl adjacent to an activating group) is 1. The molecule has 1 aliphatic carbocycles. The molecule has 0 saturated heterocycles. The zero-order valence-electron chi connectivity index (χ0n) is 10.6. The molecule has 1 aliphatic rings. The summed E-state index contributed by atoms with van der Waals surface area (Å²) in [6, 6.07) is 0. The van der Waals surface area contributed by atoms with E-state index in [2.05, 4.69) is 0 Å².